The smallest absolute Gasteiger partial charge is 0.191 e. The van der Waals surface area contributed by atoms with Crippen molar-refractivity contribution >= 4 is 5.96 Å². The van der Waals surface area contributed by atoms with Gasteiger partial charge >= 0.3 is 0 Å². The maximum absolute atomic E-state index is 5.99. The van der Waals surface area contributed by atoms with Crippen LogP contribution >= 0.6 is 0 Å². The van der Waals surface area contributed by atoms with Crippen molar-refractivity contribution in [3.05, 3.63) is 30.1 Å². The molecule has 0 bridgehead atoms. The lowest BCUT2D eigenvalue weighted by Crippen LogP contribution is -2.71. The Balaban J connectivity index is 1.60. The normalized spacial score (nSPS) is 28.6. The molecule has 0 aromatic carbocycles. The van der Waals surface area contributed by atoms with Crippen molar-refractivity contribution < 1.29 is 4.74 Å². The SMILES string of the molecule is CCNC(=NCCc1ccccn1)NC1C2CCCOC2C1(C)C. The van der Waals surface area contributed by atoms with Gasteiger partial charge in [0.05, 0.1) is 6.10 Å². The molecule has 0 amide bonds. The summed E-state index contributed by atoms with van der Waals surface area (Å²) in [7, 11) is 0. The fourth-order valence-corrected chi connectivity index (χ4v) is 4.11. The molecule has 5 heteroatoms. The molecule has 1 aliphatic carbocycles. The molecule has 1 aromatic heterocycles. The first-order valence-corrected chi connectivity index (χ1v) is 9.19. The van der Waals surface area contributed by atoms with Crippen molar-refractivity contribution in [3.8, 4) is 0 Å². The maximum atomic E-state index is 5.99. The second kappa shape index (κ2) is 7.51. The van der Waals surface area contributed by atoms with Gasteiger partial charge in [-0.1, -0.05) is 19.9 Å². The third-order valence-corrected chi connectivity index (χ3v) is 5.33. The minimum absolute atomic E-state index is 0.155. The van der Waals surface area contributed by atoms with Crippen LogP contribution in [0.15, 0.2) is 29.4 Å². The van der Waals surface area contributed by atoms with Crippen molar-refractivity contribution in [3.63, 3.8) is 0 Å². The number of hydrogen-bond donors (Lipinski definition) is 2. The molecule has 0 radical (unpaired) electrons. The van der Waals surface area contributed by atoms with Gasteiger partial charge in [0.1, 0.15) is 0 Å². The van der Waals surface area contributed by atoms with E-state index in [0.717, 1.165) is 37.8 Å². The van der Waals surface area contributed by atoms with E-state index >= 15 is 0 Å². The van der Waals surface area contributed by atoms with Gasteiger partial charge < -0.3 is 15.4 Å². The number of ether oxygens (including phenoxy) is 1. The molecule has 2 aliphatic rings. The molecule has 1 aliphatic heterocycles. The number of nitrogens with zero attached hydrogens (tertiary/aromatic N) is 2. The molecule has 2 N–H and O–H groups in total. The predicted octanol–water partition coefficient (Wildman–Crippen LogP) is 2.38. The molecule has 132 valence electrons. The lowest BCUT2D eigenvalue weighted by molar-refractivity contribution is -0.188. The monoisotopic (exact) mass is 330 g/mol. The van der Waals surface area contributed by atoms with Gasteiger partial charge in [0.2, 0.25) is 0 Å². The van der Waals surface area contributed by atoms with Crippen molar-refractivity contribution in [2.75, 3.05) is 19.7 Å². The molecule has 1 saturated carbocycles. The Kier molecular flexibility index (Phi) is 5.39. The highest BCUT2D eigenvalue weighted by molar-refractivity contribution is 5.80. The van der Waals surface area contributed by atoms with E-state index in [0.29, 0.717) is 18.1 Å². The third kappa shape index (κ3) is 3.56. The van der Waals surface area contributed by atoms with Gasteiger partial charge in [-0.15, -0.1) is 0 Å². The Labute approximate surface area is 145 Å². The summed E-state index contributed by atoms with van der Waals surface area (Å²) in [5, 5.41) is 7.05. The van der Waals surface area contributed by atoms with Gasteiger partial charge in [0, 0.05) is 55.4 Å². The van der Waals surface area contributed by atoms with Gasteiger partial charge in [-0.3, -0.25) is 9.98 Å². The zero-order valence-corrected chi connectivity index (χ0v) is 15.1. The first-order valence-electron chi connectivity index (χ1n) is 9.19. The van der Waals surface area contributed by atoms with Crippen LogP contribution in [0.2, 0.25) is 0 Å². The molecule has 24 heavy (non-hydrogen) atoms. The number of aliphatic imine (C=N–C) groups is 1. The highest BCUT2D eigenvalue weighted by Crippen LogP contribution is 2.51. The van der Waals surface area contributed by atoms with E-state index < -0.39 is 0 Å². The number of nitrogens with one attached hydrogen (secondary N) is 2. The topological polar surface area (TPSA) is 58.5 Å². The molecule has 2 fully saturated rings. The number of pyridine rings is 1. The van der Waals surface area contributed by atoms with E-state index in [9.17, 15) is 0 Å². The van der Waals surface area contributed by atoms with Crippen LogP contribution in [-0.4, -0.2) is 42.8 Å². The number of fused-ring (bicyclic) bond motifs is 1. The average molecular weight is 330 g/mol. The quantitative estimate of drug-likeness (QED) is 0.643. The number of guanidine groups is 1. The molecule has 3 rings (SSSR count). The first-order chi connectivity index (χ1) is 11.6. The van der Waals surface area contributed by atoms with E-state index in [2.05, 4.69) is 42.5 Å². The lowest BCUT2D eigenvalue weighted by Gasteiger charge is -2.60. The number of rotatable bonds is 5. The molecule has 3 atom stereocenters. The Bertz CT molecular complexity index is 558. The van der Waals surface area contributed by atoms with E-state index in [1.165, 1.54) is 12.8 Å². The summed E-state index contributed by atoms with van der Waals surface area (Å²) in [6, 6.07) is 6.44. The molecule has 0 spiro atoms. The first kappa shape index (κ1) is 17.2. The zero-order valence-electron chi connectivity index (χ0n) is 15.1. The summed E-state index contributed by atoms with van der Waals surface area (Å²) in [5.74, 6) is 1.52. The molecule has 1 aromatic rings. The van der Waals surface area contributed by atoms with E-state index in [-0.39, 0.29) is 5.41 Å². The van der Waals surface area contributed by atoms with Crippen molar-refractivity contribution in [2.45, 2.75) is 52.2 Å². The Morgan fingerprint density at radius 1 is 1.42 bits per heavy atom. The standard InChI is InChI=1S/C19H30N4O/c1-4-20-18(22-12-10-14-8-5-6-11-21-14)23-16-15-9-7-13-24-17(15)19(16,2)3/h5-6,8,11,15-17H,4,7,9-10,12-13H2,1-3H3,(H2,20,22,23). The number of aromatic nitrogens is 1. The van der Waals surface area contributed by atoms with Crippen molar-refractivity contribution in [2.24, 2.45) is 16.3 Å². The average Bonchev–Trinajstić information content (AvgIpc) is 2.60. The van der Waals surface area contributed by atoms with Gasteiger partial charge in [-0.05, 0) is 31.9 Å². The Morgan fingerprint density at radius 3 is 3.04 bits per heavy atom. The van der Waals surface area contributed by atoms with Crippen LogP contribution in [-0.2, 0) is 11.2 Å². The second-order valence-corrected chi connectivity index (χ2v) is 7.37. The molecule has 5 nitrogen and oxygen atoms in total. The molecular weight excluding hydrogens is 300 g/mol. The number of hydrogen-bond acceptors (Lipinski definition) is 3. The van der Waals surface area contributed by atoms with E-state index in [1.807, 2.05) is 18.3 Å². The van der Waals surface area contributed by atoms with Crippen LogP contribution in [0.3, 0.4) is 0 Å². The minimum atomic E-state index is 0.155. The van der Waals surface area contributed by atoms with Gasteiger partial charge in [0.25, 0.3) is 0 Å². The van der Waals surface area contributed by atoms with Gasteiger partial charge in [-0.25, -0.2) is 0 Å². The second-order valence-electron chi connectivity index (χ2n) is 7.37. The van der Waals surface area contributed by atoms with E-state index in [4.69, 9.17) is 9.73 Å². The summed E-state index contributed by atoms with van der Waals surface area (Å²) in [4.78, 5) is 9.11. The van der Waals surface area contributed by atoms with Crippen LogP contribution in [0, 0.1) is 11.3 Å². The molecule has 1 saturated heterocycles. The highest BCUT2D eigenvalue weighted by Gasteiger charge is 2.58. The minimum Gasteiger partial charge on any atom is -0.377 e. The van der Waals surface area contributed by atoms with Crippen LogP contribution in [0.5, 0.6) is 0 Å². The highest BCUT2D eigenvalue weighted by atomic mass is 16.5. The van der Waals surface area contributed by atoms with Gasteiger partial charge in [0.15, 0.2) is 5.96 Å². The van der Waals surface area contributed by atoms with Crippen LogP contribution in [0.25, 0.3) is 0 Å². The summed E-state index contributed by atoms with van der Waals surface area (Å²) in [6.07, 6.45) is 5.51. The Morgan fingerprint density at radius 2 is 2.29 bits per heavy atom. The van der Waals surface area contributed by atoms with Crippen molar-refractivity contribution in [1.82, 2.24) is 15.6 Å². The van der Waals surface area contributed by atoms with Gasteiger partial charge in [-0.2, -0.15) is 0 Å². The molecule has 3 unspecified atom stereocenters. The van der Waals surface area contributed by atoms with Crippen molar-refractivity contribution in [1.29, 1.82) is 0 Å². The fraction of sp³-hybridized carbons (Fsp3) is 0.684. The fourth-order valence-electron chi connectivity index (χ4n) is 4.11. The summed E-state index contributed by atoms with van der Waals surface area (Å²) in [6.45, 7) is 9.23. The van der Waals surface area contributed by atoms with Crippen LogP contribution in [0.4, 0.5) is 0 Å². The van der Waals surface area contributed by atoms with Crippen LogP contribution in [0.1, 0.15) is 39.3 Å². The third-order valence-electron chi connectivity index (χ3n) is 5.33. The lowest BCUT2D eigenvalue weighted by atomic mass is 9.55. The largest absolute Gasteiger partial charge is 0.377 e. The predicted molar refractivity (Wildman–Crippen MR) is 97.1 cm³/mol. The van der Waals surface area contributed by atoms with E-state index in [1.54, 1.807) is 0 Å². The Hall–Kier alpha value is -1.62. The van der Waals surface area contributed by atoms with Crippen LogP contribution < -0.4 is 10.6 Å². The molecule has 2 heterocycles. The summed E-state index contributed by atoms with van der Waals surface area (Å²) >= 11 is 0. The zero-order chi connectivity index (χ0) is 17.0. The summed E-state index contributed by atoms with van der Waals surface area (Å²) in [5.41, 5.74) is 1.24. The molecular formula is C19H30N4O. The summed E-state index contributed by atoms with van der Waals surface area (Å²) < 4.78 is 5.99. The maximum Gasteiger partial charge on any atom is 0.191 e.